The normalized spacial score (nSPS) is 12.2. The number of rotatable bonds is 5. The zero-order valence-corrected chi connectivity index (χ0v) is 16.1. The molecule has 0 saturated heterocycles. The molecule has 1 amide bonds. The van der Waals surface area contributed by atoms with Gasteiger partial charge in [0.25, 0.3) is 5.91 Å². The Bertz CT molecular complexity index is 1020. The minimum Gasteiger partial charge on any atom is -0.464 e. The molecule has 0 fully saturated rings. The summed E-state index contributed by atoms with van der Waals surface area (Å²) < 4.78 is 12.5. The Balaban J connectivity index is 1.63. The van der Waals surface area contributed by atoms with Gasteiger partial charge < -0.3 is 14.5 Å². The standard InChI is InChI=1S/C20H23N3O4/c1-11-6-7-16-15(10-26-17(16)8-11)9-18(24)27-14(4)20(25)21-19-12(2)22-23(5)13(19)3/h6-8,10,14H,9H2,1-5H3,(H,21,25)/t14-/m0/s1. The molecule has 1 atom stereocenters. The van der Waals surface area contributed by atoms with Gasteiger partial charge in [-0.1, -0.05) is 12.1 Å². The molecular formula is C20H23N3O4. The largest absolute Gasteiger partial charge is 0.464 e. The zero-order valence-electron chi connectivity index (χ0n) is 16.1. The molecule has 0 spiro atoms. The second-order valence-corrected chi connectivity index (χ2v) is 6.73. The van der Waals surface area contributed by atoms with Crippen LogP contribution in [-0.2, 0) is 27.8 Å². The minimum absolute atomic E-state index is 0.0403. The minimum atomic E-state index is -0.920. The van der Waals surface area contributed by atoms with Gasteiger partial charge >= 0.3 is 5.97 Å². The van der Waals surface area contributed by atoms with E-state index in [1.165, 1.54) is 0 Å². The lowest BCUT2D eigenvalue weighted by atomic mass is 10.1. The third-order valence-electron chi connectivity index (χ3n) is 4.58. The SMILES string of the molecule is Cc1ccc2c(CC(=O)O[C@@H](C)C(=O)Nc3c(C)nn(C)c3C)coc2c1. The Hall–Kier alpha value is -3.09. The molecule has 0 aliphatic carbocycles. The highest BCUT2D eigenvalue weighted by atomic mass is 16.5. The number of aryl methyl sites for hydroxylation is 3. The molecule has 0 bridgehead atoms. The van der Waals surface area contributed by atoms with Crippen LogP contribution in [0.5, 0.6) is 0 Å². The summed E-state index contributed by atoms with van der Waals surface area (Å²) in [5, 5.41) is 7.91. The maximum absolute atomic E-state index is 12.4. The summed E-state index contributed by atoms with van der Waals surface area (Å²) in [5.74, 6) is -0.879. The predicted octanol–water partition coefficient (Wildman–Crippen LogP) is 3.20. The third-order valence-corrected chi connectivity index (χ3v) is 4.58. The summed E-state index contributed by atoms with van der Waals surface area (Å²) in [6.07, 6.45) is 0.675. The molecule has 1 aromatic carbocycles. The number of carbonyl (C=O) groups is 2. The van der Waals surface area contributed by atoms with Gasteiger partial charge in [-0.25, -0.2) is 0 Å². The first-order valence-electron chi connectivity index (χ1n) is 8.73. The average Bonchev–Trinajstić information content (AvgIpc) is 3.09. The predicted molar refractivity (Wildman–Crippen MR) is 102 cm³/mol. The van der Waals surface area contributed by atoms with Gasteiger partial charge in [-0.3, -0.25) is 14.3 Å². The molecular weight excluding hydrogens is 346 g/mol. The highest BCUT2D eigenvalue weighted by Crippen LogP contribution is 2.23. The Kier molecular flexibility index (Phi) is 5.03. The second-order valence-electron chi connectivity index (χ2n) is 6.73. The lowest BCUT2D eigenvalue weighted by molar-refractivity contribution is -0.152. The van der Waals surface area contributed by atoms with Crippen molar-refractivity contribution in [3.8, 4) is 0 Å². The molecule has 0 unspecified atom stereocenters. The molecule has 0 saturated carbocycles. The Labute approximate surface area is 157 Å². The number of ether oxygens (including phenoxy) is 1. The van der Waals surface area contributed by atoms with Crippen molar-refractivity contribution in [1.29, 1.82) is 0 Å². The van der Waals surface area contributed by atoms with Crippen LogP contribution in [-0.4, -0.2) is 27.8 Å². The average molecular weight is 369 g/mol. The van der Waals surface area contributed by atoms with E-state index in [0.717, 1.165) is 27.8 Å². The first-order valence-corrected chi connectivity index (χ1v) is 8.73. The number of nitrogens with one attached hydrogen (secondary N) is 1. The van der Waals surface area contributed by atoms with Crippen molar-refractivity contribution in [2.75, 3.05) is 5.32 Å². The fourth-order valence-electron chi connectivity index (χ4n) is 2.95. The fraction of sp³-hybridized carbons (Fsp3) is 0.350. The molecule has 0 aliphatic heterocycles. The highest BCUT2D eigenvalue weighted by Gasteiger charge is 2.21. The van der Waals surface area contributed by atoms with E-state index in [-0.39, 0.29) is 6.42 Å². The van der Waals surface area contributed by atoms with E-state index in [0.29, 0.717) is 11.4 Å². The lowest BCUT2D eigenvalue weighted by Crippen LogP contribution is -2.30. The van der Waals surface area contributed by atoms with Crippen LogP contribution in [0.15, 0.2) is 28.9 Å². The van der Waals surface area contributed by atoms with E-state index in [1.807, 2.05) is 39.0 Å². The molecule has 0 radical (unpaired) electrons. The fourth-order valence-corrected chi connectivity index (χ4v) is 2.95. The summed E-state index contributed by atoms with van der Waals surface area (Å²) >= 11 is 0. The highest BCUT2D eigenvalue weighted by molar-refractivity contribution is 5.96. The monoisotopic (exact) mass is 369 g/mol. The van der Waals surface area contributed by atoms with E-state index in [4.69, 9.17) is 9.15 Å². The molecule has 1 N–H and O–H groups in total. The van der Waals surface area contributed by atoms with Crippen LogP contribution in [0.25, 0.3) is 11.0 Å². The first kappa shape index (κ1) is 18.7. The molecule has 142 valence electrons. The van der Waals surface area contributed by atoms with Crippen LogP contribution in [0.1, 0.15) is 29.4 Å². The summed E-state index contributed by atoms with van der Waals surface area (Å²) in [4.78, 5) is 24.6. The number of esters is 1. The van der Waals surface area contributed by atoms with E-state index in [2.05, 4.69) is 10.4 Å². The van der Waals surface area contributed by atoms with Gasteiger partial charge in [-0.2, -0.15) is 5.10 Å². The first-order chi connectivity index (χ1) is 12.8. The number of hydrogen-bond acceptors (Lipinski definition) is 5. The molecule has 3 aromatic rings. The van der Waals surface area contributed by atoms with Gasteiger partial charge in [0.2, 0.25) is 0 Å². The zero-order chi connectivity index (χ0) is 19.7. The van der Waals surface area contributed by atoms with E-state index >= 15 is 0 Å². The number of aromatic nitrogens is 2. The van der Waals surface area contributed by atoms with Crippen molar-refractivity contribution in [2.24, 2.45) is 7.05 Å². The van der Waals surface area contributed by atoms with Gasteiger partial charge in [0.15, 0.2) is 6.10 Å². The van der Waals surface area contributed by atoms with Crippen molar-refractivity contribution in [2.45, 2.75) is 40.2 Å². The number of carbonyl (C=O) groups excluding carboxylic acids is 2. The van der Waals surface area contributed by atoms with Gasteiger partial charge in [0.05, 0.1) is 29.8 Å². The maximum Gasteiger partial charge on any atom is 0.311 e. The summed E-state index contributed by atoms with van der Waals surface area (Å²) in [5.41, 5.74) is 4.73. The van der Waals surface area contributed by atoms with Gasteiger partial charge in [0.1, 0.15) is 5.58 Å². The summed E-state index contributed by atoms with van der Waals surface area (Å²) in [6.45, 7) is 7.19. The van der Waals surface area contributed by atoms with Crippen LogP contribution in [0, 0.1) is 20.8 Å². The number of fused-ring (bicyclic) bond motifs is 1. The lowest BCUT2D eigenvalue weighted by Gasteiger charge is -2.13. The topological polar surface area (TPSA) is 86.4 Å². The number of nitrogens with zero attached hydrogens (tertiary/aromatic N) is 2. The van der Waals surface area contributed by atoms with Crippen molar-refractivity contribution >= 4 is 28.5 Å². The molecule has 27 heavy (non-hydrogen) atoms. The third kappa shape index (κ3) is 3.86. The molecule has 2 heterocycles. The number of hydrogen-bond donors (Lipinski definition) is 1. The van der Waals surface area contributed by atoms with E-state index in [9.17, 15) is 9.59 Å². The van der Waals surface area contributed by atoms with Gasteiger partial charge in [0, 0.05) is 18.0 Å². The molecule has 2 aromatic heterocycles. The quantitative estimate of drug-likeness (QED) is 0.698. The van der Waals surface area contributed by atoms with E-state index in [1.54, 1.807) is 24.9 Å². The summed E-state index contributed by atoms with van der Waals surface area (Å²) in [7, 11) is 1.80. The van der Waals surface area contributed by atoms with Crippen molar-refractivity contribution in [3.05, 3.63) is 47.0 Å². The van der Waals surface area contributed by atoms with Crippen LogP contribution in [0.3, 0.4) is 0 Å². The van der Waals surface area contributed by atoms with Crippen molar-refractivity contribution in [1.82, 2.24) is 9.78 Å². The molecule has 7 heteroatoms. The van der Waals surface area contributed by atoms with Crippen LogP contribution in [0.4, 0.5) is 5.69 Å². The van der Waals surface area contributed by atoms with Crippen LogP contribution >= 0.6 is 0 Å². The number of amides is 1. The summed E-state index contributed by atoms with van der Waals surface area (Å²) in [6, 6.07) is 5.79. The van der Waals surface area contributed by atoms with Gasteiger partial charge in [-0.05, 0) is 39.3 Å². The number of benzene rings is 1. The second kappa shape index (κ2) is 7.26. The van der Waals surface area contributed by atoms with Crippen LogP contribution < -0.4 is 5.32 Å². The number of furan rings is 1. The molecule has 7 nitrogen and oxygen atoms in total. The Morgan fingerprint density at radius 3 is 2.70 bits per heavy atom. The number of anilines is 1. The van der Waals surface area contributed by atoms with E-state index < -0.39 is 18.0 Å². The smallest absolute Gasteiger partial charge is 0.311 e. The molecule has 0 aliphatic rings. The molecule has 3 rings (SSSR count). The Morgan fingerprint density at radius 2 is 2.04 bits per heavy atom. The van der Waals surface area contributed by atoms with Crippen LogP contribution in [0.2, 0.25) is 0 Å². The van der Waals surface area contributed by atoms with Gasteiger partial charge in [-0.15, -0.1) is 0 Å². The van der Waals surface area contributed by atoms with Crippen molar-refractivity contribution in [3.63, 3.8) is 0 Å². The van der Waals surface area contributed by atoms with Crippen molar-refractivity contribution < 1.29 is 18.7 Å². The maximum atomic E-state index is 12.4. The Morgan fingerprint density at radius 1 is 1.30 bits per heavy atom.